The maximum atomic E-state index is 10.7. The zero-order chi connectivity index (χ0) is 8.27. The Hall–Kier alpha value is -1.65. The first-order valence-electron chi connectivity index (χ1n) is 2.82. The number of carbonyl (C=O) groups is 1. The van der Waals surface area contributed by atoms with Crippen LogP contribution in [0.15, 0.2) is 12.3 Å². The maximum absolute atomic E-state index is 10.7. The molecule has 0 aliphatic heterocycles. The van der Waals surface area contributed by atoms with Gasteiger partial charge >= 0.3 is 12.0 Å². The molecule has 11 heavy (non-hydrogen) atoms. The second kappa shape index (κ2) is 2.96. The molecule has 0 aliphatic rings. The summed E-state index contributed by atoms with van der Waals surface area (Å²) in [6.07, 6.45) is 1.21. The van der Waals surface area contributed by atoms with E-state index in [-0.39, 0.29) is 5.69 Å². The van der Waals surface area contributed by atoms with E-state index < -0.39 is 12.0 Å². The summed E-state index contributed by atoms with van der Waals surface area (Å²) < 4.78 is 4.32. The Balaban J connectivity index is 2.96. The Labute approximate surface area is 62.7 Å². The highest BCUT2D eigenvalue weighted by atomic mass is 16.5. The van der Waals surface area contributed by atoms with E-state index in [4.69, 9.17) is 0 Å². The minimum atomic E-state index is -0.687. The third kappa shape index (κ3) is 1.64. The molecule has 0 aromatic carbocycles. The van der Waals surface area contributed by atoms with E-state index in [1.165, 1.54) is 19.4 Å². The summed E-state index contributed by atoms with van der Waals surface area (Å²) in [7, 11) is 1.22. The minimum Gasteiger partial charge on any atom is -0.464 e. The molecule has 1 aromatic heterocycles. The van der Waals surface area contributed by atoms with E-state index in [0.29, 0.717) is 0 Å². The van der Waals surface area contributed by atoms with Gasteiger partial charge in [0.25, 0.3) is 0 Å². The van der Waals surface area contributed by atoms with Crippen LogP contribution in [0.25, 0.3) is 0 Å². The van der Waals surface area contributed by atoms with Crippen LogP contribution in [0, 0.1) is 0 Å². The fourth-order valence-corrected chi connectivity index (χ4v) is 0.559. The molecule has 0 saturated heterocycles. The second-order valence-corrected chi connectivity index (χ2v) is 1.72. The standard InChI is InChI=1S/C6H5N2O3/c1-11-5(9)4-2-3-7-6(10)8-4/h2-3H,1H3. The van der Waals surface area contributed by atoms with Crippen molar-refractivity contribution < 1.29 is 14.6 Å². The van der Waals surface area contributed by atoms with Gasteiger partial charge in [-0.2, -0.15) is 4.98 Å². The predicted molar refractivity (Wildman–Crippen MR) is 33.5 cm³/mol. The van der Waals surface area contributed by atoms with Crippen molar-refractivity contribution in [3.63, 3.8) is 0 Å². The number of nitrogens with zero attached hydrogens (tertiary/aromatic N) is 2. The lowest BCUT2D eigenvalue weighted by Gasteiger charge is -1.94. The summed E-state index contributed by atoms with van der Waals surface area (Å²) in [4.78, 5) is 17.3. The van der Waals surface area contributed by atoms with Crippen LogP contribution in [0.3, 0.4) is 0 Å². The van der Waals surface area contributed by atoms with Crippen molar-refractivity contribution in [3.8, 4) is 6.01 Å². The quantitative estimate of drug-likeness (QED) is 0.547. The van der Waals surface area contributed by atoms with E-state index in [2.05, 4.69) is 14.7 Å². The van der Waals surface area contributed by atoms with E-state index in [9.17, 15) is 9.90 Å². The molecule has 1 aromatic rings. The molecule has 0 fully saturated rings. The second-order valence-electron chi connectivity index (χ2n) is 1.72. The van der Waals surface area contributed by atoms with Gasteiger partial charge in [0.2, 0.25) is 0 Å². The normalized spacial score (nSPS) is 9.18. The van der Waals surface area contributed by atoms with Gasteiger partial charge < -0.3 is 4.74 Å². The van der Waals surface area contributed by atoms with Crippen LogP contribution in [0.4, 0.5) is 0 Å². The maximum Gasteiger partial charge on any atom is 0.367 e. The van der Waals surface area contributed by atoms with Gasteiger partial charge in [-0.3, -0.25) is 0 Å². The van der Waals surface area contributed by atoms with Gasteiger partial charge in [-0.25, -0.2) is 14.9 Å². The number of esters is 1. The molecule has 5 heteroatoms. The van der Waals surface area contributed by atoms with Crippen molar-refractivity contribution in [3.05, 3.63) is 18.0 Å². The fraction of sp³-hybridized carbons (Fsp3) is 0.167. The summed E-state index contributed by atoms with van der Waals surface area (Å²) in [6.45, 7) is 0. The average molecular weight is 153 g/mol. The van der Waals surface area contributed by atoms with Crippen LogP contribution >= 0.6 is 0 Å². The highest BCUT2D eigenvalue weighted by Crippen LogP contribution is 2.01. The minimum absolute atomic E-state index is 0.0208. The molecular weight excluding hydrogens is 148 g/mol. The zero-order valence-corrected chi connectivity index (χ0v) is 5.77. The first-order valence-corrected chi connectivity index (χ1v) is 2.82. The number of ether oxygens (including phenoxy) is 1. The number of methoxy groups -OCH3 is 1. The lowest BCUT2D eigenvalue weighted by molar-refractivity contribution is 0.0592. The van der Waals surface area contributed by atoms with Crippen LogP contribution in [-0.4, -0.2) is 23.0 Å². The van der Waals surface area contributed by atoms with Crippen molar-refractivity contribution in [2.24, 2.45) is 0 Å². The lowest BCUT2D eigenvalue weighted by atomic mass is 10.4. The van der Waals surface area contributed by atoms with Crippen molar-refractivity contribution >= 4 is 5.97 Å². The van der Waals surface area contributed by atoms with E-state index in [0.717, 1.165) is 0 Å². The molecule has 0 unspecified atom stereocenters. The molecule has 57 valence electrons. The number of rotatable bonds is 1. The van der Waals surface area contributed by atoms with Crippen LogP contribution in [-0.2, 0) is 9.84 Å². The van der Waals surface area contributed by atoms with Gasteiger partial charge in [0, 0.05) is 6.20 Å². The van der Waals surface area contributed by atoms with E-state index in [1.807, 2.05) is 0 Å². The largest absolute Gasteiger partial charge is 0.464 e. The first-order chi connectivity index (χ1) is 5.24. The first kappa shape index (κ1) is 7.46. The Morgan fingerprint density at radius 3 is 2.91 bits per heavy atom. The molecule has 1 rings (SSSR count). The van der Waals surface area contributed by atoms with Gasteiger partial charge in [-0.15, -0.1) is 0 Å². The van der Waals surface area contributed by atoms with Gasteiger partial charge in [-0.05, 0) is 6.07 Å². The molecule has 0 spiro atoms. The molecule has 0 amide bonds. The summed E-state index contributed by atoms with van der Waals surface area (Å²) in [5.74, 6) is -0.635. The van der Waals surface area contributed by atoms with Crippen LogP contribution in [0.5, 0.6) is 6.01 Å². The molecule has 1 radical (unpaired) electrons. The van der Waals surface area contributed by atoms with Crippen LogP contribution in [0.2, 0.25) is 0 Å². The highest BCUT2D eigenvalue weighted by Gasteiger charge is 2.07. The third-order valence-electron chi connectivity index (χ3n) is 1.03. The number of carbonyl (C=O) groups excluding carboxylic acids is 1. The van der Waals surface area contributed by atoms with E-state index in [1.54, 1.807) is 0 Å². The molecule has 0 aliphatic carbocycles. The number of hydrogen-bond donors (Lipinski definition) is 0. The monoisotopic (exact) mass is 153 g/mol. The Bertz CT molecular complexity index is 274. The highest BCUT2D eigenvalue weighted by molar-refractivity contribution is 5.86. The predicted octanol–water partition coefficient (Wildman–Crippen LogP) is 0.407. The lowest BCUT2D eigenvalue weighted by Crippen LogP contribution is -2.03. The van der Waals surface area contributed by atoms with Gasteiger partial charge in [0.1, 0.15) is 0 Å². The molecule has 0 bridgehead atoms. The Kier molecular flexibility index (Phi) is 2.00. The molecule has 0 N–H and O–H groups in total. The topological polar surface area (TPSA) is 72.0 Å². The summed E-state index contributed by atoms with van der Waals surface area (Å²) in [5.41, 5.74) is -0.0208. The number of hydrogen-bond acceptors (Lipinski definition) is 4. The van der Waals surface area contributed by atoms with E-state index >= 15 is 0 Å². The summed E-state index contributed by atoms with van der Waals surface area (Å²) >= 11 is 0. The van der Waals surface area contributed by atoms with Gasteiger partial charge in [0.05, 0.1) is 7.11 Å². The SMILES string of the molecule is COC(=O)c1ccnc([O])n1. The molecule has 0 atom stereocenters. The van der Waals surface area contributed by atoms with Gasteiger partial charge in [-0.1, -0.05) is 0 Å². The van der Waals surface area contributed by atoms with Crippen molar-refractivity contribution in [2.45, 2.75) is 0 Å². The van der Waals surface area contributed by atoms with Crippen molar-refractivity contribution in [1.82, 2.24) is 9.97 Å². The van der Waals surface area contributed by atoms with Crippen molar-refractivity contribution in [1.29, 1.82) is 0 Å². The molecule has 5 nitrogen and oxygen atoms in total. The number of aromatic nitrogens is 2. The summed E-state index contributed by atoms with van der Waals surface area (Å²) in [6, 6.07) is 0.626. The zero-order valence-electron chi connectivity index (χ0n) is 5.77. The van der Waals surface area contributed by atoms with Crippen LogP contribution in [0.1, 0.15) is 10.5 Å². The third-order valence-corrected chi connectivity index (χ3v) is 1.03. The molecule has 0 saturated carbocycles. The Morgan fingerprint density at radius 2 is 2.36 bits per heavy atom. The van der Waals surface area contributed by atoms with Crippen molar-refractivity contribution in [2.75, 3.05) is 7.11 Å². The van der Waals surface area contributed by atoms with Crippen LogP contribution < -0.4 is 0 Å². The smallest absolute Gasteiger partial charge is 0.367 e. The fourth-order valence-electron chi connectivity index (χ4n) is 0.559. The molecule has 1 heterocycles. The average Bonchev–Trinajstić information content (AvgIpc) is 2.03. The van der Waals surface area contributed by atoms with Gasteiger partial charge in [0.15, 0.2) is 5.69 Å². The molecular formula is C6H5N2O3. The summed E-state index contributed by atoms with van der Waals surface area (Å²) in [5, 5.41) is 10.5. The Morgan fingerprint density at radius 1 is 1.64 bits per heavy atom.